The summed E-state index contributed by atoms with van der Waals surface area (Å²) >= 11 is 0. The molecule has 1 amide bonds. The van der Waals surface area contributed by atoms with Crippen molar-refractivity contribution in [1.82, 2.24) is 10.6 Å². The number of nitrogens with one attached hydrogen (secondary N) is 2. The van der Waals surface area contributed by atoms with E-state index in [0.717, 1.165) is 12.5 Å². The van der Waals surface area contributed by atoms with E-state index in [0.29, 0.717) is 12.6 Å². The molecule has 1 aliphatic rings. The molecule has 1 fully saturated rings. The van der Waals surface area contributed by atoms with Gasteiger partial charge in [0.1, 0.15) is 0 Å². The fourth-order valence-electron chi connectivity index (χ4n) is 2.68. The Hall–Kier alpha value is -0.570. The average Bonchev–Trinajstić information content (AvgIpc) is 2.86. The summed E-state index contributed by atoms with van der Waals surface area (Å²) in [5.74, 6) is 0.900. The van der Waals surface area contributed by atoms with Crippen molar-refractivity contribution in [3.63, 3.8) is 0 Å². The SMILES string of the molecule is CCCCC(CC)CNCC(=O)NC1CCCC1. The zero-order valence-corrected chi connectivity index (χ0v) is 12.1. The molecule has 0 aromatic heterocycles. The second-order valence-electron chi connectivity index (χ2n) is 5.60. The standard InChI is InChI=1S/C15H30N2O/c1-3-5-8-13(4-2)11-16-12-15(18)17-14-9-6-7-10-14/h13-14,16H,3-12H2,1-2H3,(H,17,18). The maximum Gasteiger partial charge on any atom is 0.234 e. The van der Waals surface area contributed by atoms with Gasteiger partial charge in [0.2, 0.25) is 5.91 Å². The molecule has 1 aliphatic carbocycles. The van der Waals surface area contributed by atoms with Gasteiger partial charge in [0.15, 0.2) is 0 Å². The number of hydrogen-bond acceptors (Lipinski definition) is 2. The maximum atomic E-state index is 11.7. The Morgan fingerprint density at radius 3 is 2.61 bits per heavy atom. The minimum Gasteiger partial charge on any atom is -0.352 e. The van der Waals surface area contributed by atoms with Crippen LogP contribution >= 0.6 is 0 Å². The molecule has 0 heterocycles. The molecule has 0 aromatic carbocycles. The zero-order chi connectivity index (χ0) is 13.2. The smallest absolute Gasteiger partial charge is 0.234 e. The molecule has 0 bridgehead atoms. The zero-order valence-electron chi connectivity index (χ0n) is 12.1. The molecule has 0 saturated heterocycles. The van der Waals surface area contributed by atoms with Gasteiger partial charge in [0.05, 0.1) is 6.54 Å². The lowest BCUT2D eigenvalue weighted by molar-refractivity contribution is -0.120. The highest BCUT2D eigenvalue weighted by molar-refractivity contribution is 5.78. The molecule has 0 aliphatic heterocycles. The van der Waals surface area contributed by atoms with Crippen molar-refractivity contribution in [3.8, 4) is 0 Å². The molecule has 3 nitrogen and oxygen atoms in total. The predicted molar refractivity (Wildman–Crippen MR) is 76.6 cm³/mol. The monoisotopic (exact) mass is 254 g/mol. The van der Waals surface area contributed by atoms with Gasteiger partial charge in [-0.1, -0.05) is 46.0 Å². The van der Waals surface area contributed by atoms with Crippen LogP contribution < -0.4 is 10.6 Å². The van der Waals surface area contributed by atoms with Gasteiger partial charge in [0, 0.05) is 6.04 Å². The molecule has 1 rings (SSSR count). The van der Waals surface area contributed by atoms with Crippen LogP contribution in [-0.2, 0) is 4.79 Å². The summed E-state index contributed by atoms with van der Waals surface area (Å²) in [6.45, 7) is 5.93. The van der Waals surface area contributed by atoms with Crippen LogP contribution in [0.4, 0.5) is 0 Å². The Morgan fingerprint density at radius 1 is 1.28 bits per heavy atom. The lowest BCUT2D eigenvalue weighted by Crippen LogP contribution is -2.40. The van der Waals surface area contributed by atoms with Crippen molar-refractivity contribution in [2.24, 2.45) is 5.92 Å². The number of rotatable bonds is 9. The second-order valence-corrected chi connectivity index (χ2v) is 5.60. The van der Waals surface area contributed by atoms with Gasteiger partial charge >= 0.3 is 0 Å². The van der Waals surface area contributed by atoms with Crippen molar-refractivity contribution < 1.29 is 4.79 Å². The largest absolute Gasteiger partial charge is 0.352 e. The van der Waals surface area contributed by atoms with Gasteiger partial charge in [-0.05, 0) is 31.7 Å². The Morgan fingerprint density at radius 2 is 2.00 bits per heavy atom. The van der Waals surface area contributed by atoms with Crippen molar-refractivity contribution in [2.75, 3.05) is 13.1 Å². The van der Waals surface area contributed by atoms with Crippen LogP contribution in [0.15, 0.2) is 0 Å². The molecule has 1 saturated carbocycles. The highest BCUT2D eigenvalue weighted by Gasteiger charge is 2.16. The van der Waals surface area contributed by atoms with Crippen molar-refractivity contribution >= 4 is 5.91 Å². The number of carbonyl (C=O) groups excluding carboxylic acids is 1. The van der Waals surface area contributed by atoms with E-state index in [9.17, 15) is 4.79 Å². The van der Waals surface area contributed by atoms with Gasteiger partial charge < -0.3 is 10.6 Å². The van der Waals surface area contributed by atoms with Gasteiger partial charge in [-0.2, -0.15) is 0 Å². The predicted octanol–water partition coefficient (Wildman–Crippen LogP) is 2.85. The lowest BCUT2D eigenvalue weighted by atomic mass is 9.99. The first-order valence-corrected chi connectivity index (χ1v) is 7.76. The van der Waals surface area contributed by atoms with E-state index in [1.807, 2.05) is 0 Å². The van der Waals surface area contributed by atoms with Gasteiger partial charge in [-0.3, -0.25) is 4.79 Å². The van der Waals surface area contributed by atoms with Gasteiger partial charge in [0.25, 0.3) is 0 Å². The summed E-state index contributed by atoms with van der Waals surface area (Å²) in [6, 6.07) is 0.446. The normalized spacial score (nSPS) is 17.9. The van der Waals surface area contributed by atoms with E-state index in [1.54, 1.807) is 0 Å². The van der Waals surface area contributed by atoms with Crippen LogP contribution in [0.2, 0.25) is 0 Å². The van der Waals surface area contributed by atoms with E-state index in [1.165, 1.54) is 51.4 Å². The first kappa shape index (κ1) is 15.5. The summed E-state index contributed by atoms with van der Waals surface area (Å²) in [4.78, 5) is 11.7. The van der Waals surface area contributed by atoms with Gasteiger partial charge in [-0.25, -0.2) is 0 Å². The molecular formula is C15H30N2O. The third-order valence-corrected chi connectivity index (χ3v) is 3.98. The minimum atomic E-state index is 0.173. The van der Waals surface area contributed by atoms with E-state index in [-0.39, 0.29) is 5.91 Å². The van der Waals surface area contributed by atoms with E-state index < -0.39 is 0 Å². The highest BCUT2D eigenvalue weighted by atomic mass is 16.1. The fraction of sp³-hybridized carbons (Fsp3) is 0.933. The van der Waals surface area contributed by atoms with Crippen LogP contribution in [0.25, 0.3) is 0 Å². The Bertz CT molecular complexity index is 225. The van der Waals surface area contributed by atoms with E-state index >= 15 is 0 Å². The van der Waals surface area contributed by atoms with Crippen LogP contribution in [0.5, 0.6) is 0 Å². The summed E-state index contributed by atoms with van der Waals surface area (Å²) in [7, 11) is 0. The molecule has 2 N–H and O–H groups in total. The van der Waals surface area contributed by atoms with E-state index in [2.05, 4.69) is 24.5 Å². The molecule has 0 aromatic rings. The molecule has 0 radical (unpaired) electrons. The highest BCUT2D eigenvalue weighted by Crippen LogP contribution is 2.17. The quantitative estimate of drug-likeness (QED) is 0.664. The third kappa shape index (κ3) is 6.39. The summed E-state index contributed by atoms with van der Waals surface area (Å²) < 4.78 is 0. The van der Waals surface area contributed by atoms with Crippen molar-refractivity contribution in [3.05, 3.63) is 0 Å². The van der Waals surface area contributed by atoms with Crippen molar-refractivity contribution in [2.45, 2.75) is 71.3 Å². The second kappa shape index (κ2) is 9.37. The summed E-state index contributed by atoms with van der Waals surface area (Å²) in [6.07, 6.45) is 9.93. The Kier molecular flexibility index (Phi) is 8.06. The first-order chi connectivity index (χ1) is 8.76. The van der Waals surface area contributed by atoms with Crippen molar-refractivity contribution in [1.29, 1.82) is 0 Å². The van der Waals surface area contributed by atoms with Crippen LogP contribution in [0.3, 0.4) is 0 Å². The molecule has 1 unspecified atom stereocenters. The topological polar surface area (TPSA) is 41.1 Å². The molecule has 106 valence electrons. The minimum absolute atomic E-state index is 0.173. The molecule has 18 heavy (non-hydrogen) atoms. The molecule has 0 spiro atoms. The summed E-state index contributed by atoms with van der Waals surface area (Å²) in [5, 5.41) is 6.42. The fourth-order valence-corrected chi connectivity index (χ4v) is 2.68. The number of hydrogen-bond donors (Lipinski definition) is 2. The number of carbonyl (C=O) groups is 1. The van der Waals surface area contributed by atoms with Crippen LogP contribution in [0, 0.1) is 5.92 Å². The first-order valence-electron chi connectivity index (χ1n) is 7.76. The van der Waals surface area contributed by atoms with Crippen LogP contribution in [-0.4, -0.2) is 25.0 Å². The molecular weight excluding hydrogens is 224 g/mol. The maximum absolute atomic E-state index is 11.7. The Balaban J connectivity index is 2.05. The van der Waals surface area contributed by atoms with E-state index in [4.69, 9.17) is 0 Å². The lowest BCUT2D eigenvalue weighted by Gasteiger charge is -2.16. The average molecular weight is 254 g/mol. The number of unbranched alkanes of at least 4 members (excludes halogenated alkanes) is 1. The summed E-state index contributed by atoms with van der Waals surface area (Å²) in [5.41, 5.74) is 0. The molecule has 1 atom stereocenters. The number of amides is 1. The third-order valence-electron chi connectivity index (χ3n) is 3.98. The molecule has 3 heteroatoms. The van der Waals surface area contributed by atoms with Crippen LogP contribution in [0.1, 0.15) is 65.2 Å². The Labute approximate surface area is 112 Å². The van der Waals surface area contributed by atoms with Gasteiger partial charge in [-0.15, -0.1) is 0 Å².